The number of aromatic nitrogens is 1. The molecule has 3 aromatic rings. The Bertz CT molecular complexity index is 1120. The molecule has 1 saturated heterocycles. The number of fused-ring (bicyclic) bond motifs is 1. The van der Waals surface area contributed by atoms with Crippen LogP contribution >= 0.6 is 0 Å². The van der Waals surface area contributed by atoms with E-state index >= 15 is 0 Å². The van der Waals surface area contributed by atoms with E-state index in [1.807, 2.05) is 49.4 Å². The molecule has 0 spiro atoms. The zero-order chi connectivity index (χ0) is 21.8. The summed E-state index contributed by atoms with van der Waals surface area (Å²) in [6, 6.07) is 14.6. The van der Waals surface area contributed by atoms with Crippen LogP contribution in [0, 0.1) is 0 Å². The second-order valence-electron chi connectivity index (χ2n) is 7.43. The topological polar surface area (TPSA) is 80.9 Å². The first-order valence-electron chi connectivity index (χ1n) is 10.4. The zero-order valence-corrected chi connectivity index (χ0v) is 17.7. The van der Waals surface area contributed by atoms with Gasteiger partial charge in [0.1, 0.15) is 17.6 Å². The number of anilines is 1. The number of ether oxygens (including phenoxy) is 3. The number of carbonyl (C=O) groups excluding carboxylic acids is 1. The number of carbonyl (C=O) groups is 1. The number of amides is 1. The number of rotatable bonds is 7. The molecule has 1 N–H and O–H groups in total. The molecule has 0 bridgehead atoms. The summed E-state index contributed by atoms with van der Waals surface area (Å²) in [5, 5.41) is 0.867. The molecule has 0 saturated carbocycles. The highest BCUT2D eigenvalue weighted by Gasteiger charge is 2.29. The first-order valence-corrected chi connectivity index (χ1v) is 10.4. The monoisotopic (exact) mass is 422 g/mol. The van der Waals surface area contributed by atoms with Crippen molar-refractivity contribution in [1.82, 2.24) is 4.98 Å². The van der Waals surface area contributed by atoms with Gasteiger partial charge in [-0.1, -0.05) is 0 Å². The van der Waals surface area contributed by atoms with E-state index in [-0.39, 0.29) is 18.0 Å². The summed E-state index contributed by atoms with van der Waals surface area (Å²) in [5.74, 6) is 1.25. The van der Waals surface area contributed by atoms with Crippen LogP contribution in [0.3, 0.4) is 0 Å². The van der Waals surface area contributed by atoms with Crippen LogP contribution in [0.5, 0.6) is 11.5 Å². The molecule has 0 radical (unpaired) electrons. The molecule has 1 amide bonds. The van der Waals surface area contributed by atoms with E-state index < -0.39 is 6.10 Å². The van der Waals surface area contributed by atoms with E-state index in [0.29, 0.717) is 42.2 Å². The SMILES string of the molecule is CCOc1ccc(N(Cc2cc3ccc(OC)cc3[nH]c2=O)C(=O)C2CCCO2)cc1. The highest BCUT2D eigenvalue weighted by atomic mass is 16.5. The molecule has 4 rings (SSSR count). The lowest BCUT2D eigenvalue weighted by Crippen LogP contribution is -2.39. The van der Waals surface area contributed by atoms with Crippen molar-refractivity contribution in [3.8, 4) is 11.5 Å². The lowest BCUT2D eigenvalue weighted by molar-refractivity contribution is -0.127. The van der Waals surface area contributed by atoms with E-state index in [4.69, 9.17) is 14.2 Å². The molecular formula is C24H26N2O5. The minimum Gasteiger partial charge on any atom is -0.497 e. The second kappa shape index (κ2) is 9.22. The van der Waals surface area contributed by atoms with Gasteiger partial charge in [0.2, 0.25) is 0 Å². The quantitative estimate of drug-likeness (QED) is 0.629. The molecule has 2 heterocycles. The third-order valence-electron chi connectivity index (χ3n) is 5.39. The number of benzene rings is 2. The number of hydrogen-bond acceptors (Lipinski definition) is 5. The molecule has 1 aliphatic heterocycles. The predicted octanol–water partition coefficient (Wildman–Crippen LogP) is 3.65. The van der Waals surface area contributed by atoms with Gasteiger partial charge in [-0.05, 0) is 67.6 Å². The number of H-pyrrole nitrogens is 1. The van der Waals surface area contributed by atoms with Crippen LogP contribution in [-0.4, -0.2) is 37.3 Å². The van der Waals surface area contributed by atoms with Crippen molar-refractivity contribution in [3.63, 3.8) is 0 Å². The average molecular weight is 422 g/mol. The van der Waals surface area contributed by atoms with Crippen molar-refractivity contribution in [2.75, 3.05) is 25.2 Å². The lowest BCUT2D eigenvalue weighted by atomic mass is 10.1. The summed E-state index contributed by atoms with van der Waals surface area (Å²) in [7, 11) is 1.58. The Morgan fingerprint density at radius 3 is 2.61 bits per heavy atom. The molecule has 162 valence electrons. The van der Waals surface area contributed by atoms with Gasteiger partial charge in [-0.3, -0.25) is 9.59 Å². The summed E-state index contributed by atoms with van der Waals surface area (Å²) in [6.07, 6.45) is 1.04. The molecule has 0 aliphatic carbocycles. The van der Waals surface area contributed by atoms with E-state index in [9.17, 15) is 9.59 Å². The van der Waals surface area contributed by atoms with Gasteiger partial charge >= 0.3 is 0 Å². The average Bonchev–Trinajstić information content (AvgIpc) is 3.33. The molecule has 2 aromatic carbocycles. The maximum absolute atomic E-state index is 13.3. The fraction of sp³-hybridized carbons (Fsp3) is 0.333. The predicted molar refractivity (Wildman–Crippen MR) is 119 cm³/mol. The van der Waals surface area contributed by atoms with E-state index in [1.165, 1.54) is 0 Å². The molecular weight excluding hydrogens is 396 g/mol. The Morgan fingerprint density at radius 1 is 1.16 bits per heavy atom. The molecule has 1 atom stereocenters. The van der Waals surface area contributed by atoms with Crippen LogP contribution in [0.25, 0.3) is 10.9 Å². The van der Waals surface area contributed by atoms with E-state index in [0.717, 1.165) is 17.6 Å². The Labute approximate surface area is 180 Å². The van der Waals surface area contributed by atoms with Gasteiger partial charge < -0.3 is 24.1 Å². The van der Waals surface area contributed by atoms with Gasteiger partial charge in [-0.15, -0.1) is 0 Å². The van der Waals surface area contributed by atoms with Gasteiger partial charge in [0.05, 0.1) is 25.8 Å². The van der Waals surface area contributed by atoms with Gasteiger partial charge in [0, 0.05) is 23.9 Å². The van der Waals surface area contributed by atoms with E-state index in [2.05, 4.69) is 4.98 Å². The third-order valence-corrected chi connectivity index (χ3v) is 5.39. The molecule has 1 aliphatic rings. The van der Waals surface area contributed by atoms with Crippen molar-refractivity contribution >= 4 is 22.5 Å². The fourth-order valence-corrected chi connectivity index (χ4v) is 3.77. The number of nitrogens with one attached hydrogen (secondary N) is 1. The number of aromatic amines is 1. The molecule has 1 aromatic heterocycles. The van der Waals surface area contributed by atoms with Gasteiger partial charge in [-0.25, -0.2) is 0 Å². The summed E-state index contributed by atoms with van der Waals surface area (Å²) in [5.41, 5.74) is 1.64. The maximum Gasteiger partial charge on any atom is 0.256 e. The smallest absolute Gasteiger partial charge is 0.256 e. The number of pyridine rings is 1. The highest BCUT2D eigenvalue weighted by Crippen LogP contribution is 2.25. The van der Waals surface area contributed by atoms with Crippen LogP contribution in [0.15, 0.2) is 53.3 Å². The molecule has 1 fully saturated rings. The molecule has 7 nitrogen and oxygen atoms in total. The summed E-state index contributed by atoms with van der Waals surface area (Å²) < 4.78 is 16.4. The standard InChI is InChI=1S/C24H26N2O5/c1-3-30-19-10-7-18(8-11-19)26(24(28)22-5-4-12-31-22)15-17-13-16-6-9-20(29-2)14-21(16)25-23(17)27/h6-11,13-14,22H,3-5,12,15H2,1-2H3,(H,25,27). The van der Waals surface area contributed by atoms with Crippen molar-refractivity contribution in [3.05, 3.63) is 64.4 Å². The minimum absolute atomic E-state index is 0.143. The van der Waals surface area contributed by atoms with Crippen molar-refractivity contribution < 1.29 is 19.0 Å². The van der Waals surface area contributed by atoms with Crippen LogP contribution in [-0.2, 0) is 16.1 Å². The third kappa shape index (κ3) is 4.56. The van der Waals surface area contributed by atoms with Crippen molar-refractivity contribution in [2.24, 2.45) is 0 Å². The van der Waals surface area contributed by atoms with Gasteiger partial charge in [0.25, 0.3) is 11.5 Å². The zero-order valence-electron chi connectivity index (χ0n) is 17.7. The van der Waals surface area contributed by atoms with E-state index in [1.54, 1.807) is 18.1 Å². The highest BCUT2D eigenvalue weighted by molar-refractivity contribution is 5.96. The Hall–Kier alpha value is -3.32. The number of hydrogen-bond donors (Lipinski definition) is 1. The Kier molecular flexibility index (Phi) is 6.23. The van der Waals surface area contributed by atoms with Crippen LogP contribution in [0.4, 0.5) is 5.69 Å². The maximum atomic E-state index is 13.3. The molecule has 31 heavy (non-hydrogen) atoms. The normalized spacial score (nSPS) is 15.7. The number of nitrogens with zero attached hydrogens (tertiary/aromatic N) is 1. The van der Waals surface area contributed by atoms with Crippen LogP contribution in [0.1, 0.15) is 25.3 Å². The molecule has 1 unspecified atom stereocenters. The van der Waals surface area contributed by atoms with Crippen LogP contribution in [0.2, 0.25) is 0 Å². The summed E-state index contributed by atoms with van der Waals surface area (Å²) in [4.78, 5) is 30.6. The number of methoxy groups -OCH3 is 1. The first kappa shape index (κ1) is 20.9. The molecule has 7 heteroatoms. The lowest BCUT2D eigenvalue weighted by Gasteiger charge is -2.25. The fourth-order valence-electron chi connectivity index (χ4n) is 3.77. The minimum atomic E-state index is -0.490. The van der Waals surface area contributed by atoms with Crippen molar-refractivity contribution in [2.45, 2.75) is 32.4 Å². The summed E-state index contributed by atoms with van der Waals surface area (Å²) >= 11 is 0. The van der Waals surface area contributed by atoms with Crippen LogP contribution < -0.4 is 19.9 Å². The first-order chi connectivity index (χ1) is 15.1. The Balaban J connectivity index is 1.69. The largest absolute Gasteiger partial charge is 0.497 e. The van der Waals surface area contributed by atoms with Crippen molar-refractivity contribution in [1.29, 1.82) is 0 Å². The van der Waals surface area contributed by atoms with Gasteiger partial charge in [-0.2, -0.15) is 0 Å². The Morgan fingerprint density at radius 2 is 1.94 bits per heavy atom. The second-order valence-corrected chi connectivity index (χ2v) is 7.43. The van der Waals surface area contributed by atoms with Gasteiger partial charge in [0.15, 0.2) is 0 Å². The summed E-state index contributed by atoms with van der Waals surface area (Å²) in [6.45, 7) is 3.20.